The molecule has 0 N–H and O–H groups in total. The van der Waals surface area contributed by atoms with E-state index in [1.807, 2.05) is 0 Å². The highest BCUT2D eigenvalue weighted by molar-refractivity contribution is 6.22. The quantitative estimate of drug-likeness (QED) is 0.573. The van der Waals surface area contributed by atoms with Gasteiger partial charge in [-0.25, -0.2) is 0 Å². The van der Waals surface area contributed by atoms with Gasteiger partial charge >= 0.3 is 0 Å². The summed E-state index contributed by atoms with van der Waals surface area (Å²) in [5.74, 6) is 0.442. The molecule has 0 aliphatic rings. The Kier molecular flexibility index (Phi) is 5.93. The molecule has 0 saturated heterocycles. The lowest BCUT2D eigenvalue weighted by Crippen LogP contribution is -2.05. The van der Waals surface area contributed by atoms with Crippen molar-refractivity contribution in [3.05, 3.63) is 0 Å². The molecule has 0 aliphatic heterocycles. The number of alkyl halides is 2. The zero-order chi connectivity index (χ0) is 6.41. The molecule has 1 atom stereocenters. The summed E-state index contributed by atoms with van der Waals surface area (Å²) in [5.41, 5.74) is 0. The van der Waals surface area contributed by atoms with Crippen LogP contribution in [0.15, 0.2) is 0 Å². The Hall–Kier alpha value is 0.470. The molecule has 1 unspecified atom stereocenters. The Balaban J connectivity index is 2.92. The molecule has 0 bridgehead atoms. The fourth-order valence-corrected chi connectivity index (χ4v) is 0.802. The third kappa shape index (κ3) is 4.62. The van der Waals surface area contributed by atoms with Crippen molar-refractivity contribution in [3.8, 4) is 0 Å². The van der Waals surface area contributed by atoms with E-state index >= 15 is 0 Å². The fraction of sp³-hybridized carbons (Fsp3) is 1.00. The maximum atomic E-state index is 10.9. The highest BCUT2D eigenvalue weighted by Gasteiger charge is 2.02. The summed E-state index contributed by atoms with van der Waals surface area (Å²) < 4.78 is 10.9. The fourth-order valence-electron chi connectivity index (χ4n) is 0.270. The zero-order valence-corrected chi connectivity index (χ0v) is 5.75. The topological polar surface area (TPSA) is 9.23 Å². The molecular weight excluding hydrogens is 154 g/mol. The van der Waals surface area contributed by atoms with Crippen molar-refractivity contribution >= 4 is 23.2 Å². The van der Waals surface area contributed by atoms with Gasteiger partial charge in [0.05, 0.1) is 5.38 Å². The monoisotopic (exact) mass is 160 g/mol. The summed E-state index contributed by atoms with van der Waals surface area (Å²) in [7, 11) is 0. The summed E-state index contributed by atoms with van der Waals surface area (Å²) in [6, 6.07) is 0. The van der Waals surface area contributed by atoms with Gasteiger partial charge in [-0.2, -0.15) is 4.94 Å². The Bertz CT molecular complexity index is 47.3. The summed E-state index contributed by atoms with van der Waals surface area (Å²) in [6.07, 6.45) is 0.576. The normalized spacial score (nSPS) is 13.9. The van der Waals surface area contributed by atoms with Crippen LogP contribution >= 0.6 is 23.2 Å². The van der Waals surface area contributed by atoms with Crippen LogP contribution in [0.2, 0.25) is 0 Å². The molecule has 0 spiro atoms. The highest BCUT2D eigenvalue weighted by atomic mass is 35.5. The van der Waals surface area contributed by atoms with Crippen LogP contribution in [0.3, 0.4) is 0 Å². The highest BCUT2D eigenvalue weighted by Crippen LogP contribution is 2.03. The van der Waals surface area contributed by atoms with Crippen LogP contribution in [-0.2, 0) is 4.94 Å². The number of halogens is 3. The van der Waals surface area contributed by atoms with E-state index in [0.29, 0.717) is 12.3 Å². The van der Waals surface area contributed by atoms with Gasteiger partial charge in [0.15, 0.2) is 0 Å². The molecule has 0 rings (SSSR count). The van der Waals surface area contributed by atoms with Crippen molar-refractivity contribution in [1.29, 1.82) is 0 Å². The van der Waals surface area contributed by atoms with E-state index in [1.54, 1.807) is 0 Å². The molecule has 8 heavy (non-hydrogen) atoms. The van der Waals surface area contributed by atoms with Gasteiger partial charge in [0.2, 0.25) is 0 Å². The molecule has 4 heteroatoms. The lowest BCUT2D eigenvalue weighted by atomic mass is 10.3. The van der Waals surface area contributed by atoms with Crippen LogP contribution in [-0.4, -0.2) is 17.9 Å². The van der Waals surface area contributed by atoms with Crippen molar-refractivity contribution in [2.75, 3.05) is 12.5 Å². The first-order valence-corrected chi connectivity index (χ1v) is 3.22. The molecular formula is C4H7Cl2FO. The van der Waals surface area contributed by atoms with Gasteiger partial charge in [-0.05, 0) is 10.9 Å². The maximum absolute atomic E-state index is 10.9. The Morgan fingerprint density at radius 2 is 2.25 bits per heavy atom. The van der Waals surface area contributed by atoms with E-state index in [9.17, 15) is 4.53 Å². The minimum atomic E-state index is -0.294. The smallest absolute Gasteiger partial charge is 0.104 e. The molecule has 0 radical (unpaired) electrons. The van der Waals surface area contributed by atoms with E-state index < -0.39 is 0 Å². The van der Waals surface area contributed by atoms with Gasteiger partial charge in [-0.1, -0.05) is 0 Å². The minimum Gasteiger partial charge on any atom is -0.193 e. The van der Waals surface area contributed by atoms with Gasteiger partial charge in [-0.15, -0.1) is 23.2 Å². The number of hydrogen-bond donors (Lipinski definition) is 0. The second-order valence-corrected chi connectivity index (χ2v) is 2.35. The van der Waals surface area contributed by atoms with Crippen molar-refractivity contribution < 1.29 is 9.47 Å². The van der Waals surface area contributed by atoms with E-state index in [-0.39, 0.29) is 12.0 Å². The first kappa shape index (κ1) is 8.47. The van der Waals surface area contributed by atoms with Crippen LogP contribution < -0.4 is 0 Å². The van der Waals surface area contributed by atoms with Gasteiger partial charge in [0.1, 0.15) is 6.61 Å². The lowest BCUT2D eigenvalue weighted by molar-refractivity contribution is -0.131. The molecule has 0 fully saturated rings. The first-order chi connectivity index (χ1) is 3.81. The Morgan fingerprint density at radius 3 is 2.62 bits per heavy atom. The first-order valence-electron chi connectivity index (χ1n) is 2.24. The van der Waals surface area contributed by atoms with Gasteiger partial charge in [-0.3, -0.25) is 0 Å². The van der Waals surface area contributed by atoms with Gasteiger partial charge < -0.3 is 0 Å². The standard InChI is InChI=1S/C4H7Cl2FO/c5-2-1-4(6)3-8-7/h4H,1-3H2. The Labute approximate surface area is 57.6 Å². The van der Waals surface area contributed by atoms with Crippen molar-refractivity contribution in [2.24, 2.45) is 0 Å². The van der Waals surface area contributed by atoms with E-state index in [1.165, 1.54) is 0 Å². The SMILES string of the molecule is FOCC(Cl)CCCl. The molecule has 0 aliphatic carbocycles. The predicted octanol–water partition coefficient (Wildman–Crippen LogP) is 2.12. The third-order valence-corrected chi connectivity index (χ3v) is 1.23. The van der Waals surface area contributed by atoms with Crippen LogP contribution in [0.25, 0.3) is 0 Å². The largest absolute Gasteiger partial charge is 0.193 e. The van der Waals surface area contributed by atoms with Crippen molar-refractivity contribution in [3.63, 3.8) is 0 Å². The van der Waals surface area contributed by atoms with Crippen LogP contribution in [0.1, 0.15) is 6.42 Å². The second kappa shape index (κ2) is 5.60. The summed E-state index contributed by atoms with van der Waals surface area (Å²) in [5, 5.41) is -0.294. The third-order valence-electron chi connectivity index (χ3n) is 0.666. The van der Waals surface area contributed by atoms with E-state index in [0.717, 1.165) is 0 Å². The average Bonchev–Trinajstić information content (AvgIpc) is 1.68. The molecule has 0 aromatic rings. The average molecular weight is 161 g/mol. The van der Waals surface area contributed by atoms with E-state index in [4.69, 9.17) is 23.2 Å². The summed E-state index contributed by atoms with van der Waals surface area (Å²) in [4.78, 5) is 3.27. The molecule has 0 heterocycles. The van der Waals surface area contributed by atoms with Gasteiger partial charge in [0.25, 0.3) is 0 Å². The molecule has 0 saturated carbocycles. The van der Waals surface area contributed by atoms with Crippen molar-refractivity contribution in [1.82, 2.24) is 0 Å². The van der Waals surface area contributed by atoms with Crippen molar-refractivity contribution in [2.45, 2.75) is 11.8 Å². The van der Waals surface area contributed by atoms with E-state index in [2.05, 4.69) is 4.94 Å². The van der Waals surface area contributed by atoms with Crippen LogP contribution in [0.5, 0.6) is 0 Å². The summed E-state index contributed by atoms with van der Waals surface area (Å²) in [6.45, 7) is -0.0751. The lowest BCUT2D eigenvalue weighted by Gasteiger charge is -1.99. The molecule has 0 amide bonds. The number of hydrogen-bond acceptors (Lipinski definition) is 1. The predicted molar refractivity (Wildman–Crippen MR) is 32.0 cm³/mol. The molecule has 50 valence electrons. The zero-order valence-electron chi connectivity index (χ0n) is 4.24. The van der Waals surface area contributed by atoms with Crippen LogP contribution in [0, 0.1) is 0 Å². The second-order valence-electron chi connectivity index (χ2n) is 1.35. The van der Waals surface area contributed by atoms with Gasteiger partial charge in [0, 0.05) is 5.88 Å². The molecule has 0 aromatic heterocycles. The van der Waals surface area contributed by atoms with Crippen LogP contribution in [0.4, 0.5) is 4.53 Å². The molecule has 0 aromatic carbocycles. The summed E-state index contributed by atoms with van der Waals surface area (Å²) >= 11 is 10.7. The minimum absolute atomic E-state index is 0.0751. The maximum Gasteiger partial charge on any atom is 0.104 e. The molecule has 1 nitrogen and oxygen atoms in total. The number of rotatable bonds is 4. The Morgan fingerprint density at radius 1 is 1.62 bits per heavy atom.